The SMILES string of the molecule is CCN(CC)Cc1c(C(=O)c2ccc(F)cc2)c(=O)n(C)c(=O)n1C. The normalized spacial score (nSPS) is 11.1. The Morgan fingerprint density at radius 2 is 1.60 bits per heavy atom. The molecule has 1 aromatic carbocycles. The molecule has 0 bridgehead atoms. The van der Waals surface area contributed by atoms with E-state index in [0.717, 1.165) is 4.57 Å². The van der Waals surface area contributed by atoms with Crippen LogP contribution in [0.3, 0.4) is 0 Å². The zero-order valence-corrected chi connectivity index (χ0v) is 14.9. The second-order valence-corrected chi connectivity index (χ2v) is 5.82. The van der Waals surface area contributed by atoms with Crippen LogP contribution in [-0.2, 0) is 20.6 Å². The Hall–Kier alpha value is -2.54. The van der Waals surface area contributed by atoms with Crippen LogP contribution in [0.1, 0.15) is 35.5 Å². The third kappa shape index (κ3) is 3.61. The fourth-order valence-corrected chi connectivity index (χ4v) is 2.70. The highest BCUT2D eigenvalue weighted by Gasteiger charge is 2.24. The number of hydrogen-bond acceptors (Lipinski definition) is 4. The van der Waals surface area contributed by atoms with Crippen molar-refractivity contribution in [3.05, 3.63) is 67.7 Å². The van der Waals surface area contributed by atoms with Crippen molar-refractivity contribution in [2.45, 2.75) is 20.4 Å². The summed E-state index contributed by atoms with van der Waals surface area (Å²) < 4.78 is 15.4. The molecule has 1 aromatic heterocycles. The Kier molecular flexibility index (Phi) is 5.69. The van der Waals surface area contributed by atoms with Gasteiger partial charge in [0, 0.05) is 26.2 Å². The zero-order chi connectivity index (χ0) is 18.7. The van der Waals surface area contributed by atoms with Gasteiger partial charge in [0.1, 0.15) is 11.4 Å². The number of carbonyl (C=O) groups is 1. The number of ketones is 1. The predicted molar refractivity (Wildman–Crippen MR) is 93.4 cm³/mol. The molecule has 0 aliphatic heterocycles. The summed E-state index contributed by atoms with van der Waals surface area (Å²) >= 11 is 0. The average Bonchev–Trinajstić information content (AvgIpc) is 2.62. The number of rotatable bonds is 6. The van der Waals surface area contributed by atoms with E-state index in [1.165, 1.54) is 35.9 Å². The molecule has 0 N–H and O–H groups in total. The molecule has 0 amide bonds. The van der Waals surface area contributed by atoms with Gasteiger partial charge in [0.25, 0.3) is 5.56 Å². The lowest BCUT2D eigenvalue weighted by Gasteiger charge is -2.22. The number of benzene rings is 1. The molecule has 2 rings (SSSR count). The lowest BCUT2D eigenvalue weighted by atomic mass is 10.0. The molecule has 2 aromatic rings. The Morgan fingerprint density at radius 3 is 2.12 bits per heavy atom. The molecule has 0 saturated carbocycles. The van der Waals surface area contributed by atoms with Gasteiger partial charge in [0.05, 0.1) is 5.69 Å². The van der Waals surface area contributed by atoms with E-state index in [-0.39, 0.29) is 11.1 Å². The van der Waals surface area contributed by atoms with Crippen LogP contribution < -0.4 is 11.2 Å². The number of aromatic nitrogens is 2. The molecule has 7 heteroatoms. The number of carbonyl (C=O) groups excluding carboxylic acids is 1. The molecular formula is C18H22FN3O3. The third-order valence-corrected chi connectivity index (χ3v) is 4.39. The van der Waals surface area contributed by atoms with Crippen LogP contribution in [0.4, 0.5) is 4.39 Å². The van der Waals surface area contributed by atoms with Gasteiger partial charge >= 0.3 is 5.69 Å². The molecule has 0 saturated heterocycles. The molecule has 0 radical (unpaired) electrons. The van der Waals surface area contributed by atoms with E-state index in [9.17, 15) is 18.8 Å². The molecule has 0 spiro atoms. The lowest BCUT2D eigenvalue weighted by Crippen LogP contribution is -2.43. The summed E-state index contributed by atoms with van der Waals surface area (Å²) in [5.41, 5.74) is -0.602. The third-order valence-electron chi connectivity index (χ3n) is 4.39. The van der Waals surface area contributed by atoms with E-state index in [4.69, 9.17) is 0 Å². The fraction of sp³-hybridized carbons (Fsp3) is 0.389. The van der Waals surface area contributed by atoms with Gasteiger partial charge in [-0.25, -0.2) is 9.18 Å². The largest absolute Gasteiger partial charge is 0.330 e. The van der Waals surface area contributed by atoms with Crippen LogP contribution in [0.5, 0.6) is 0 Å². The van der Waals surface area contributed by atoms with Gasteiger partial charge in [0.15, 0.2) is 5.78 Å². The highest BCUT2D eigenvalue weighted by atomic mass is 19.1. The van der Waals surface area contributed by atoms with E-state index in [1.807, 2.05) is 18.7 Å². The molecule has 25 heavy (non-hydrogen) atoms. The average molecular weight is 347 g/mol. The van der Waals surface area contributed by atoms with Crippen molar-refractivity contribution in [2.24, 2.45) is 14.1 Å². The molecule has 0 aliphatic rings. The second-order valence-electron chi connectivity index (χ2n) is 5.82. The van der Waals surface area contributed by atoms with E-state index < -0.39 is 22.8 Å². The van der Waals surface area contributed by atoms with E-state index in [2.05, 4.69) is 0 Å². The summed E-state index contributed by atoms with van der Waals surface area (Å²) in [6, 6.07) is 5.01. The minimum Gasteiger partial charge on any atom is -0.299 e. The van der Waals surface area contributed by atoms with Crippen molar-refractivity contribution in [1.82, 2.24) is 14.0 Å². The molecule has 134 valence electrons. The molecule has 6 nitrogen and oxygen atoms in total. The van der Waals surface area contributed by atoms with E-state index >= 15 is 0 Å². The Balaban J connectivity index is 2.70. The van der Waals surface area contributed by atoms with Crippen molar-refractivity contribution < 1.29 is 9.18 Å². The van der Waals surface area contributed by atoms with Crippen LogP contribution in [0.25, 0.3) is 0 Å². The van der Waals surface area contributed by atoms with Crippen molar-refractivity contribution in [2.75, 3.05) is 13.1 Å². The highest BCUT2D eigenvalue weighted by Crippen LogP contribution is 2.13. The first-order chi connectivity index (χ1) is 11.8. The maximum Gasteiger partial charge on any atom is 0.330 e. The van der Waals surface area contributed by atoms with Gasteiger partial charge in [-0.3, -0.25) is 23.6 Å². The number of hydrogen-bond donors (Lipinski definition) is 0. The van der Waals surface area contributed by atoms with Gasteiger partial charge < -0.3 is 0 Å². The Morgan fingerprint density at radius 1 is 1.04 bits per heavy atom. The maximum atomic E-state index is 13.1. The number of halogens is 1. The van der Waals surface area contributed by atoms with E-state index in [0.29, 0.717) is 25.3 Å². The van der Waals surface area contributed by atoms with Crippen molar-refractivity contribution in [3.8, 4) is 0 Å². The molecule has 1 heterocycles. The first-order valence-electron chi connectivity index (χ1n) is 8.13. The van der Waals surface area contributed by atoms with Gasteiger partial charge in [0.2, 0.25) is 0 Å². The van der Waals surface area contributed by atoms with Crippen LogP contribution in [0, 0.1) is 5.82 Å². The standard InChI is InChI=1S/C18H22FN3O3/c1-5-22(6-2)11-14-15(17(24)21(4)18(25)20(14)3)16(23)12-7-9-13(19)10-8-12/h7-10H,5-6,11H2,1-4H3. The molecule has 0 aliphatic carbocycles. The quantitative estimate of drug-likeness (QED) is 0.739. The van der Waals surface area contributed by atoms with Gasteiger partial charge in [-0.2, -0.15) is 0 Å². The summed E-state index contributed by atoms with van der Waals surface area (Å²) in [6.45, 7) is 5.65. The Bertz CT molecular complexity index is 894. The minimum atomic E-state index is -0.639. The van der Waals surface area contributed by atoms with Gasteiger partial charge in [-0.15, -0.1) is 0 Å². The molecular weight excluding hydrogens is 325 g/mol. The highest BCUT2D eigenvalue weighted by molar-refractivity contribution is 6.09. The summed E-state index contributed by atoms with van der Waals surface area (Å²) in [5, 5.41) is 0. The minimum absolute atomic E-state index is 0.0527. The summed E-state index contributed by atoms with van der Waals surface area (Å²) in [4.78, 5) is 39.8. The second kappa shape index (κ2) is 7.57. The smallest absolute Gasteiger partial charge is 0.299 e. The predicted octanol–water partition coefficient (Wildman–Crippen LogP) is 1.30. The summed E-state index contributed by atoms with van der Waals surface area (Å²) in [6.07, 6.45) is 0. The van der Waals surface area contributed by atoms with Crippen LogP contribution in [0.2, 0.25) is 0 Å². The molecule has 0 atom stereocenters. The van der Waals surface area contributed by atoms with Crippen molar-refractivity contribution in [1.29, 1.82) is 0 Å². The first-order valence-corrected chi connectivity index (χ1v) is 8.13. The Labute approximate surface area is 145 Å². The summed E-state index contributed by atoms with van der Waals surface area (Å²) in [7, 11) is 2.88. The maximum absolute atomic E-state index is 13.1. The van der Waals surface area contributed by atoms with Crippen LogP contribution in [-0.4, -0.2) is 32.9 Å². The van der Waals surface area contributed by atoms with Crippen molar-refractivity contribution >= 4 is 5.78 Å². The molecule has 0 fully saturated rings. The molecule has 0 unspecified atom stereocenters. The van der Waals surface area contributed by atoms with Crippen molar-refractivity contribution in [3.63, 3.8) is 0 Å². The van der Waals surface area contributed by atoms with Gasteiger partial charge in [-0.1, -0.05) is 13.8 Å². The fourth-order valence-electron chi connectivity index (χ4n) is 2.70. The first kappa shape index (κ1) is 18.8. The van der Waals surface area contributed by atoms with Crippen LogP contribution in [0.15, 0.2) is 33.9 Å². The lowest BCUT2D eigenvalue weighted by molar-refractivity contribution is 0.103. The van der Waals surface area contributed by atoms with Gasteiger partial charge in [-0.05, 0) is 37.4 Å². The topological polar surface area (TPSA) is 64.3 Å². The van der Waals surface area contributed by atoms with E-state index in [1.54, 1.807) is 7.05 Å². The zero-order valence-electron chi connectivity index (χ0n) is 14.9. The van der Waals surface area contributed by atoms with Crippen LogP contribution >= 0.6 is 0 Å². The number of nitrogens with zero attached hydrogens (tertiary/aromatic N) is 3. The monoisotopic (exact) mass is 347 g/mol. The summed E-state index contributed by atoms with van der Waals surface area (Å²) in [5.74, 6) is -0.980.